The van der Waals surface area contributed by atoms with Gasteiger partial charge in [0.2, 0.25) is 0 Å². The van der Waals surface area contributed by atoms with Gasteiger partial charge < -0.3 is 30.3 Å². The number of fused-ring (bicyclic) bond motifs is 1. The maximum Gasteiger partial charge on any atom is 0.407 e. The van der Waals surface area contributed by atoms with Gasteiger partial charge in [-0.1, -0.05) is 12.0 Å². The number of carbonyl (C=O) groups excluding carboxylic acids is 1. The lowest BCUT2D eigenvalue weighted by atomic mass is 9.91. The first kappa shape index (κ1) is 23.7. The second-order valence-electron chi connectivity index (χ2n) is 9.16. The summed E-state index contributed by atoms with van der Waals surface area (Å²) in [6, 6.07) is 11.6. The highest BCUT2D eigenvalue weighted by Gasteiger charge is 2.42. The van der Waals surface area contributed by atoms with Crippen LogP contribution in [0.3, 0.4) is 0 Å². The molecule has 0 unspecified atom stereocenters. The second-order valence-corrected chi connectivity index (χ2v) is 9.16. The summed E-state index contributed by atoms with van der Waals surface area (Å²) >= 11 is 0. The number of benzene rings is 2. The van der Waals surface area contributed by atoms with Gasteiger partial charge in [0.15, 0.2) is 0 Å². The van der Waals surface area contributed by atoms with Gasteiger partial charge in [-0.2, -0.15) is 0 Å². The molecule has 3 aromatic rings. The number of alkyl carbamates (subject to hydrolysis) is 1. The van der Waals surface area contributed by atoms with Crippen LogP contribution in [0.25, 0.3) is 10.9 Å². The number of nitrogens with one attached hydrogen (secondary N) is 3. The van der Waals surface area contributed by atoms with Crippen LogP contribution in [0.5, 0.6) is 5.75 Å². The first-order valence-corrected chi connectivity index (χ1v) is 12.2. The van der Waals surface area contributed by atoms with E-state index in [-0.39, 0.29) is 11.7 Å². The molecule has 0 radical (unpaired) electrons. The molecule has 1 aromatic heterocycles. The SMILES string of the molecule is C#Cc1cccc(Nc2ncnc3cc(NC)c(OCCCN4CCC5(CC4)CNC(=O)O5)cc23)c1. The molecule has 2 aliphatic rings. The van der Waals surface area contributed by atoms with Gasteiger partial charge in [-0.25, -0.2) is 14.8 Å². The predicted octanol–water partition coefficient (Wildman–Crippen LogP) is 3.74. The molecule has 3 N–H and O–H groups in total. The average Bonchev–Trinajstić information content (AvgIpc) is 3.27. The lowest BCUT2D eigenvalue weighted by Gasteiger charge is -2.37. The number of amides is 1. The summed E-state index contributed by atoms with van der Waals surface area (Å²) in [5.74, 6) is 4.09. The van der Waals surface area contributed by atoms with E-state index < -0.39 is 0 Å². The maximum absolute atomic E-state index is 11.4. The van der Waals surface area contributed by atoms with E-state index in [1.54, 1.807) is 6.33 Å². The van der Waals surface area contributed by atoms with Crippen LogP contribution in [-0.2, 0) is 4.74 Å². The molecule has 0 atom stereocenters. The maximum atomic E-state index is 11.4. The van der Waals surface area contributed by atoms with Crippen molar-refractivity contribution in [3.63, 3.8) is 0 Å². The zero-order chi connectivity index (χ0) is 25.0. The number of hydrogen-bond acceptors (Lipinski definition) is 8. The third-order valence-electron chi connectivity index (χ3n) is 6.81. The largest absolute Gasteiger partial charge is 0.491 e. The van der Waals surface area contributed by atoms with Gasteiger partial charge in [-0.15, -0.1) is 6.42 Å². The Morgan fingerprint density at radius 2 is 2.11 bits per heavy atom. The fourth-order valence-electron chi connectivity index (χ4n) is 4.76. The topological polar surface area (TPSA) is 101 Å². The number of terminal acetylenes is 1. The Morgan fingerprint density at radius 3 is 2.86 bits per heavy atom. The molecule has 0 saturated carbocycles. The molecule has 9 heteroatoms. The van der Waals surface area contributed by atoms with Crippen LogP contribution in [0.15, 0.2) is 42.7 Å². The van der Waals surface area contributed by atoms with Crippen molar-refractivity contribution < 1.29 is 14.3 Å². The van der Waals surface area contributed by atoms with Crippen molar-refractivity contribution in [2.24, 2.45) is 0 Å². The van der Waals surface area contributed by atoms with E-state index in [9.17, 15) is 4.79 Å². The normalized spacial score (nSPS) is 16.8. The monoisotopic (exact) mass is 486 g/mol. The van der Waals surface area contributed by atoms with Crippen LogP contribution in [-0.4, -0.2) is 66.4 Å². The fourth-order valence-corrected chi connectivity index (χ4v) is 4.76. The van der Waals surface area contributed by atoms with Gasteiger partial charge in [0.05, 0.1) is 24.4 Å². The fraction of sp³-hybridized carbons (Fsp3) is 0.370. The molecule has 36 heavy (non-hydrogen) atoms. The van der Waals surface area contributed by atoms with E-state index in [2.05, 4.69) is 36.7 Å². The Kier molecular flexibility index (Phi) is 6.78. The van der Waals surface area contributed by atoms with Crippen molar-refractivity contribution in [2.45, 2.75) is 24.9 Å². The number of anilines is 3. The molecular weight excluding hydrogens is 456 g/mol. The number of hydrogen-bond donors (Lipinski definition) is 3. The smallest absolute Gasteiger partial charge is 0.407 e. The molecule has 2 aliphatic heterocycles. The molecule has 186 valence electrons. The molecule has 9 nitrogen and oxygen atoms in total. The van der Waals surface area contributed by atoms with E-state index in [1.807, 2.05) is 43.4 Å². The third kappa shape index (κ3) is 5.14. The number of ether oxygens (including phenoxy) is 2. The highest BCUT2D eigenvalue weighted by atomic mass is 16.6. The molecule has 5 rings (SSSR count). The van der Waals surface area contributed by atoms with Crippen molar-refractivity contribution in [1.82, 2.24) is 20.2 Å². The van der Waals surface area contributed by atoms with E-state index in [0.29, 0.717) is 19.0 Å². The summed E-state index contributed by atoms with van der Waals surface area (Å²) < 4.78 is 11.7. The van der Waals surface area contributed by atoms with Gasteiger partial charge in [0, 0.05) is 56.2 Å². The Hall–Kier alpha value is -4.03. The Balaban J connectivity index is 1.22. The summed E-state index contributed by atoms with van der Waals surface area (Å²) in [6.07, 6.45) is 9.41. The van der Waals surface area contributed by atoms with Gasteiger partial charge >= 0.3 is 6.09 Å². The highest BCUT2D eigenvalue weighted by molar-refractivity contribution is 5.94. The van der Waals surface area contributed by atoms with Crippen molar-refractivity contribution in [1.29, 1.82) is 0 Å². The number of nitrogens with zero attached hydrogens (tertiary/aromatic N) is 3. The number of rotatable bonds is 8. The average molecular weight is 487 g/mol. The van der Waals surface area contributed by atoms with Crippen molar-refractivity contribution in [3.8, 4) is 18.1 Å². The lowest BCUT2D eigenvalue weighted by molar-refractivity contribution is 0.000150. The van der Waals surface area contributed by atoms with Crippen LogP contribution in [0, 0.1) is 12.3 Å². The van der Waals surface area contributed by atoms with Crippen LogP contribution < -0.4 is 20.7 Å². The Labute approximate surface area is 210 Å². The molecular formula is C27H30N6O3. The molecule has 1 amide bonds. The summed E-state index contributed by atoms with van der Waals surface area (Å²) in [5.41, 5.74) is 3.02. The highest BCUT2D eigenvalue weighted by Crippen LogP contribution is 2.33. The number of likely N-dealkylation sites (tertiary alicyclic amines) is 1. The molecule has 3 heterocycles. The minimum atomic E-state index is -0.313. The van der Waals surface area contributed by atoms with Crippen LogP contribution in [0.4, 0.5) is 22.0 Å². The van der Waals surface area contributed by atoms with E-state index in [4.69, 9.17) is 15.9 Å². The lowest BCUT2D eigenvalue weighted by Crippen LogP contribution is -2.46. The molecule has 1 spiro atoms. The standard InChI is InChI=1S/C27H30N6O3/c1-3-19-6-4-7-20(14-19)32-25-21-15-24(23(28-2)16-22(21)30-18-31-25)35-13-5-10-33-11-8-27(9-12-33)17-29-26(34)36-27/h1,4,6-7,14-16,18,28H,5,8-13,17H2,2H3,(H,29,34)(H,30,31,32). The predicted molar refractivity (Wildman–Crippen MR) is 140 cm³/mol. The first-order chi connectivity index (χ1) is 17.6. The first-order valence-electron chi connectivity index (χ1n) is 12.2. The van der Waals surface area contributed by atoms with Gasteiger partial charge in [-0.05, 0) is 36.8 Å². The quantitative estimate of drug-likeness (QED) is 0.327. The number of carbonyl (C=O) groups is 1. The van der Waals surface area contributed by atoms with Gasteiger partial charge in [0.25, 0.3) is 0 Å². The molecule has 2 saturated heterocycles. The molecule has 0 aliphatic carbocycles. The second kappa shape index (κ2) is 10.3. The minimum Gasteiger partial charge on any atom is -0.491 e. The van der Waals surface area contributed by atoms with Crippen LogP contribution in [0.1, 0.15) is 24.8 Å². The van der Waals surface area contributed by atoms with Crippen LogP contribution >= 0.6 is 0 Å². The van der Waals surface area contributed by atoms with Gasteiger partial charge in [0.1, 0.15) is 23.5 Å². The molecule has 0 bridgehead atoms. The van der Waals surface area contributed by atoms with E-state index in [1.165, 1.54) is 0 Å². The molecule has 2 aromatic carbocycles. The Morgan fingerprint density at radius 1 is 1.25 bits per heavy atom. The minimum absolute atomic E-state index is 0.294. The summed E-state index contributed by atoms with van der Waals surface area (Å²) in [7, 11) is 1.87. The summed E-state index contributed by atoms with van der Waals surface area (Å²) in [6.45, 7) is 3.97. The van der Waals surface area contributed by atoms with Crippen molar-refractivity contribution in [2.75, 3.05) is 50.5 Å². The van der Waals surface area contributed by atoms with E-state index in [0.717, 1.165) is 72.5 Å². The van der Waals surface area contributed by atoms with Crippen molar-refractivity contribution >= 4 is 34.2 Å². The third-order valence-corrected chi connectivity index (χ3v) is 6.81. The van der Waals surface area contributed by atoms with E-state index >= 15 is 0 Å². The number of aromatic nitrogens is 2. The Bertz CT molecular complexity index is 1300. The summed E-state index contributed by atoms with van der Waals surface area (Å²) in [5, 5.41) is 10.2. The zero-order valence-electron chi connectivity index (χ0n) is 20.3. The number of piperidine rings is 1. The summed E-state index contributed by atoms with van der Waals surface area (Å²) in [4.78, 5) is 22.7. The van der Waals surface area contributed by atoms with Gasteiger partial charge in [-0.3, -0.25) is 0 Å². The van der Waals surface area contributed by atoms with Crippen LogP contribution in [0.2, 0.25) is 0 Å². The van der Waals surface area contributed by atoms with Crippen molar-refractivity contribution in [3.05, 3.63) is 48.3 Å². The zero-order valence-corrected chi connectivity index (χ0v) is 20.3. The molecule has 2 fully saturated rings.